The molecule has 2 aliphatic heterocycles. The standard InChI is InChI=1S/C29H30N2O3S/c1-30(2)26-16-10-9-11-21(26)17-28(33)31-18-24-25(19-31)29(35(34)20-27(24)32,22-12-5-3-6-13-22)23-14-7-4-8-15-23/h3-16,24-25H,17-20H2,1-2H3/t24-,25+,35?/m0/s1. The third-order valence-electron chi connectivity index (χ3n) is 7.46. The van der Waals surface area contributed by atoms with Gasteiger partial charge < -0.3 is 9.80 Å². The minimum absolute atomic E-state index is 0.000174. The Labute approximate surface area is 209 Å². The first kappa shape index (κ1) is 23.5. The maximum absolute atomic E-state index is 13.9. The number of nitrogens with zero attached hydrogens (tertiary/aromatic N) is 2. The Kier molecular flexibility index (Phi) is 6.32. The topological polar surface area (TPSA) is 57.7 Å². The predicted molar refractivity (Wildman–Crippen MR) is 140 cm³/mol. The number of benzene rings is 3. The molecule has 1 unspecified atom stereocenters. The van der Waals surface area contributed by atoms with Crippen LogP contribution in [-0.4, -0.2) is 53.7 Å². The Bertz CT molecular complexity index is 1220. The van der Waals surface area contributed by atoms with Crippen LogP contribution in [0.1, 0.15) is 16.7 Å². The Morgan fingerprint density at radius 3 is 2.09 bits per heavy atom. The zero-order chi connectivity index (χ0) is 24.6. The van der Waals surface area contributed by atoms with E-state index in [4.69, 9.17) is 0 Å². The summed E-state index contributed by atoms with van der Waals surface area (Å²) in [4.78, 5) is 30.5. The van der Waals surface area contributed by atoms with E-state index in [1.165, 1.54) is 0 Å². The van der Waals surface area contributed by atoms with E-state index in [2.05, 4.69) is 0 Å². The number of anilines is 1. The first-order valence-electron chi connectivity index (χ1n) is 12.0. The maximum atomic E-state index is 13.9. The zero-order valence-corrected chi connectivity index (χ0v) is 20.9. The second-order valence-electron chi connectivity index (χ2n) is 9.64. The lowest BCUT2D eigenvalue weighted by Crippen LogP contribution is -2.52. The maximum Gasteiger partial charge on any atom is 0.227 e. The van der Waals surface area contributed by atoms with Crippen molar-refractivity contribution in [2.75, 3.05) is 37.8 Å². The van der Waals surface area contributed by atoms with Crippen molar-refractivity contribution in [3.05, 3.63) is 102 Å². The monoisotopic (exact) mass is 486 g/mol. The minimum Gasteiger partial charge on any atom is -0.377 e. The molecule has 3 aromatic rings. The van der Waals surface area contributed by atoms with Crippen molar-refractivity contribution in [1.29, 1.82) is 0 Å². The normalized spacial score (nSPS) is 23.1. The number of likely N-dealkylation sites (tertiary alicyclic amines) is 1. The van der Waals surface area contributed by atoms with Crippen LogP contribution < -0.4 is 4.90 Å². The number of ketones is 1. The molecule has 35 heavy (non-hydrogen) atoms. The molecule has 0 aliphatic carbocycles. The average molecular weight is 487 g/mol. The van der Waals surface area contributed by atoms with Gasteiger partial charge in [-0.25, -0.2) is 0 Å². The molecule has 0 aromatic heterocycles. The fourth-order valence-corrected chi connectivity index (χ4v) is 7.94. The van der Waals surface area contributed by atoms with E-state index in [1.54, 1.807) is 0 Å². The summed E-state index contributed by atoms with van der Waals surface area (Å²) in [5.41, 5.74) is 3.86. The van der Waals surface area contributed by atoms with E-state index in [1.807, 2.05) is 109 Å². The van der Waals surface area contributed by atoms with E-state index in [9.17, 15) is 13.8 Å². The molecular weight excluding hydrogens is 456 g/mol. The Morgan fingerprint density at radius 1 is 0.914 bits per heavy atom. The zero-order valence-electron chi connectivity index (χ0n) is 20.1. The first-order chi connectivity index (χ1) is 16.9. The third kappa shape index (κ3) is 4.00. The van der Waals surface area contributed by atoms with E-state index >= 15 is 0 Å². The number of fused-ring (bicyclic) bond motifs is 1. The number of carbonyl (C=O) groups excluding carboxylic acids is 2. The Morgan fingerprint density at radius 2 is 1.49 bits per heavy atom. The molecule has 2 heterocycles. The van der Waals surface area contributed by atoms with Crippen molar-refractivity contribution >= 4 is 28.2 Å². The number of hydrogen-bond donors (Lipinski definition) is 0. The molecule has 6 heteroatoms. The predicted octanol–water partition coefficient (Wildman–Crippen LogP) is 3.64. The van der Waals surface area contributed by atoms with E-state index in [0.717, 1.165) is 22.4 Å². The van der Waals surface area contributed by atoms with Crippen molar-refractivity contribution in [2.24, 2.45) is 11.8 Å². The van der Waals surface area contributed by atoms with Gasteiger partial charge >= 0.3 is 0 Å². The molecule has 5 rings (SSSR count). The summed E-state index contributed by atoms with van der Waals surface area (Å²) < 4.78 is 13.1. The van der Waals surface area contributed by atoms with Gasteiger partial charge in [-0.3, -0.25) is 13.8 Å². The lowest BCUT2D eigenvalue weighted by Gasteiger charge is -2.44. The van der Waals surface area contributed by atoms with Gasteiger partial charge in [0.25, 0.3) is 0 Å². The van der Waals surface area contributed by atoms with Crippen molar-refractivity contribution < 1.29 is 13.8 Å². The van der Waals surface area contributed by atoms with Gasteiger partial charge in [-0.2, -0.15) is 0 Å². The Hall–Kier alpha value is -3.25. The fraction of sp³-hybridized carbons (Fsp3) is 0.310. The number of para-hydroxylation sites is 1. The smallest absolute Gasteiger partial charge is 0.227 e. The van der Waals surface area contributed by atoms with Gasteiger partial charge in [-0.15, -0.1) is 0 Å². The van der Waals surface area contributed by atoms with Gasteiger partial charge in [-0.05, 0) is 22.8 Å². The summed E-state index contributed by atoms with van der Waals surface area (Å²) in [6.45, 7) is 0.792. The molecule has 3 atom stereocenters. The summed E-state index contributed by atoms with van der Waals surface area (Å²) in [7, 11) is 2.49. The molecule has 0 saturated carbocycles. The largest absolute Gasteiger partial charge is 0.377 e. The van der Waals surface area contributed by atoms with Crippen molar-refractivity contribution in [1.82, 2.24) is 4.90 Å². The van der Waals surface area contributed by atoms with Crippen LogP contribution in [0.5, 0.6) is 0 Å². The first-order valence-corrected chi connectivity index (χ1v) is 13.3. The van der Waals surface area contributed by atoms with E-state index in [-0.39, 0.29) is 35.7 Å². The van der Waals surface area contributed by atoms with E-state index < -0.39 is 15.5 Å². The summed E-state index contributed by atoms with van der Waals surface area (Å²) >= 11 is 0. The van der Waals surface area contributed by atoms with Gasteiger partial charge in [-0.1, -0.05) is 78.9 Å². The van der Waals surface area contributed by atoms with Gasteiger partial charge in [0, 0.05) is 55.5 Å². The van der Waals surface area contributed by atoms with Crippen LogP contribution in [-0.2, 0) is 31.6 Å². The van der Waals surface area contributed by atoms with Crippen LogP contribution in [0.2, 0.25) is 0 Å². The number of Topliss-reactive ketones (excluding diaryl/α,β-unsaturated/α-hetero) is 1. The third-order valence-corrected chi connectivity index (χ3v) is 9.50. The fourth-order valence-electron chi connectivity index (χ4n) is 5.87. The molecule has 2 fully saturated rings. The lowest BCUT2D eigenvalue weighted by molar-refractivity contribution is -0.129. The Balaban J connectivity index is 1.54. The van der Waals surface area contributed by atoms with Crippen LogP contribution >= 0.6 is 0 Å². The molecule has 3 aromatic carbocycles. The quantitative estimate of drug-likeness (QED) is 0.553. The summed E-state index contributed by atoms with van der Waals surface area (Å²) in [6.07, 6.45) is 0.273. The van der Waals surface area contributed by atoms with Crippen LogP contribution in [0.3, 0.4) is 0 Å². The number of carbonyl (C=O) groups is 2. The summed E-state index contributed by atoms with van der Waals surface area (Å²) in [6, 6.07) is 27.7. The van der Waals surface area contributed by atoms with Crippen LogP contribution in [0.25, 0.3) is 0 Å². The molecule has 0 N–H and O–H groups in total. The second kappa shape index (κ2) is 9.42. The molecule has 2 saturated heterocycles. The number of rotatable bonds is 5. The van der Waals surface area contributed by atoms with E-state index in [0.29, 0.717) is 13.1 Å². The van der Waals surface area contributed by atoms with Crippen molar-refractivity contribution in [3.63, 3.8) is 0 Å². The SMILES string of the molecule is CN(C)c1ccccc1CC(=O)N1C[C@@H]2C(=O)CS(=O)C(c3ccccc3)(c3ccccc3)[C@@H]2C1. The van der Waals surface area contributed by atoms with Gasteiger partial charge in [0.15, 0.2) is 5.78 Å². The van der Waals surface area contributed by atoms with Crippen LogP contribution in [0.15, 0.2) is 84.9 Å². The number of hydrogen-bond acceptors (Lipinski definition) is 4. The lowest BCUT2D eigenvalue weighted by atomic mass is 9.73. The molecule has 0 bridgehead atoms. The average Bonchev–Trinajstić information content (AvgIpc) is 3.32. The molecule has 2 aliphatic rings. The number of amides is 1. The highest BCUT2D eigenvalue weighted by molar-refractivity contribution is 7.87. The summed E-state index contributed by atoms with van der Waals surface area (Å²) in [5, 5.41) is 0. The molecule has 180 valence electrons. The molecular formula is C29H30N2O3S. The van der Waals surface area contributed by atoms with Crippen molar-refractivity contribution in [2.45, 2.75) is 11.2 Å². The van der Waals surface area contributed by atoms with Crippen LogP contribution in [0, 0.1) is 11.8 Å². The highest BCUT2D eigenvalue weighted by Gasteiger charge is 2.59. The molecule has 0 spiro atoms. The molecule has 5 nitrogen and oxygen atoms in total. The van der Waals surface area contributed by atoms with Gasteiger partial charge in [0.2, 0.25) is 5.91 Å². The minimum atomic E-state index is -1.45. The highest BCUT2D eigenvalue weighted by Crippen LogP contribution is 2.51. The summed E-state index contributed by atoms with van der Waals surface area (Å²) in [5.74, 6) is -0.568. The molecule has 0 radical (unpaired) electrons. The van der Waals surface area contributed by atoms with Gasteiger partial charge in [0.05, 0.1) is 12.2 Å². The molecule has 1 amide bonds. The van der Waals surface area contributed by atoms with Crippen molar-refractivity contribution in [3.8, 4) is 0 Å². The van der Waals surface area contributed by atoms with Gasteiger partial charge in [0.1, 0.15) is 4.75 Å². The second-order valence-corrected chi connectivity index (χ2v) is 11.3. The highest BCUT2D eigenvalue weighted by atomic mass is 32.2. The van der Waals surface area contributed by atoms with Crippen LogP contribution in [0.4, 0.5) is 5.69 Å².